The minimum absolute atomic E-state index is 0.0500. The average molecular weight is 681 g/mol. The summed E-state index contributed by atoms with van der Waals surface area (Å²) in [5.41, 5.74) is 2.66. The van der Waals surface area contributed by atoms with Crippen molar-refractivity contribution in [2.75, 3.05) is 48.9 Å². The molecule has 0 spiro atoms. The number of hydrogen-bond acceptors (Lipinski definition) is 14. The highest BCUT2D eigenvalue weighted by atomic mass is 16.6. The third-order valence-corrected chi connectivity index (χ3v) is 6.49. The normalized spacial score (nSPS) is 10.3. The minimum Gasteiger partial charge on any atom is -0.487 e. The van der Waals surface area contributed by atoms with Crippen LogP contribution in [0.25, 0.3) is 0 Å². The van der Waals surface area contributed by atoms with Crippen LogP contribution in [0.3, 0.4) is 0 Å². The third kappa shape index (κ3) is 11.2. The lowest BCUT2D eigenvalue weighted by Gasteiger charge is -2.19. The van der Waals surface area contributed by atoms with Crippen molar-refractivity contribution in [3.63, 3.8) is 0 Å². The van der Waals surface area contributed by atoms with E-state index in [0.717, 1.165) is 5.69 Å². The highest BCUT2D eigenvalue weighted by Gasteiger charge is 2.13. The molecule has 0 aromatic heterocycles. The Morgan fingerprint density at radius 2 is 1.36 bits per heavy atom. The zero-order chi connectivity index (χ0) is 35.7. The standard InChI is InChI=1S/C33H28N8O9/c1-40(14-15-49-32(44)36-26-6-2-4-24(18-26)34-21-42)28-10-8-23(9-11-28)38-39-30-13-12-29(41(46)47)20-31(30)48-16-17-50-33(45)37-27-7-3-5-25(19-27)35-22-43/h2-13,18-20H,14-17H2,1H3,(H,36,44)(H,37,45). The number of likely N-dealkylation sites (N-methyl/N-ethyl adjacent to an activating group) is 1. The first-order valence-corrected chi connectivity index (χ1v) is 14.6. The monoisotopic (exact) mass is 680 g/mol. The first kappa shape index (κ1) is 35.6. The van der Waals surface area contributed by atoms with Crippen molar-refractivity contribution in [3.05, 3.63) is 101 Å². The van der Waals surface area contributed by atoms with Gasteiger partial charge >= 0.3 is 12.2 Å². The molecule has 0 bridgehead atoms. The van der Waals surface area contributed by atoms with Gasteiger partial charge in [-0.3, -0.25) is 20.7 Å². The van der Waals surface area contributed by atoms with Gasteiger partial charge in [0.05, 0.1) is 34.6 Å². The number of isocyanates is 2. The predicted molar refractivity (Wildman–Crippen MR) is 181 cm³/mol. The lowest BCUT2D eigenvalue weighted by molar-refractivity contribution is -0.384. The maximum Gasteiger partial charge on any atom is 0.411 e. The van der Waals surface area contributed by atoms with Gasteiger partial charge in [-0.15, -0.1) is 5.11 Å². The first-order chi connectivity index (χ1) is 24.2. The number of carbonyl (C=O) groups excluding carboxylic acids is 4. The van der Waals surface area contributed by atoms with Crippen LogP contribution in [0.15, 0.2) is 111 Å². The molecule has 0 aliphatic heterocycles. The van der Waals surface area contributed by atoms with E-state index in [4.69, 9.17) is 14.2 Å². The van der Waals surface area contributed by atoms with Crippen LogP contribution >= 0.6 is 0 Å². The van der Waals surface area contributed by atoms with Crippen LogP contribution in [-0.4, -0.2) is 62.7 Å². The number of nitrogens with zero attached hydrogens (tertiary/aromatic N) is 6. The number of azo groups is 1. The van der Waals surface area contributed by atoms with E-state index in [1.165, 1.54) is 42.5 Å². The number of anilines is 3. The summed E-state index contributed by atoms with van der Waals surface area (Å²) in [7, 11) is 1.81. The molecule has 4 aromatic rings. The van der Waals surface area contributed by atoms with Crippen LogP contribution in [-0.2, 0) is 19.1 Å². The predicted octanol–water partition coefficient (Wildman–Crippen LogP) is 7.26. The van der Waals surface area contributed by atoms with Crippen LogP contribution in [0, 0.1) is 10.1 Å². The highest BCUT2D eigenvalue weighted by Crippen LogP contribution is 2.33. The molecule has 0 atom stereocenters. The van der Waals surface area contributed by atoms with Crippen LogP contribution in [0.1, 0.15) is 0 Å². The Hall–Kier alpha value is -7.22. The number of aliphatic imine (C=N–C) groups is 2. The van der Waals surface area contributed by atoms with E-state index >= 15 is 0 Å². The topological polar surface area (TPSA) is 216 Å². The number of rotatable bonds is 15. The molecule has 0 aliphatic rings. The molecule has 0 fully saturated rings. The van der Waals surface area contributed by atoms with Gasteiger partial charge in [0.1, 0.15) is 25.5 Å². The van der Waals surface area contributed by atoms with Crippen molar-refractivity contribution in [1.29, 1.82) is 0 Å². The van der Waals surface area contributed by atoms with Crippen molar-refractivity contribution in [2.45, 2.75) is 0 Å². The van der Waals surface area contributed by atoms with E-state index in [0.29, 0.717) is 35.0 Å². The number of ether oxygens (including phenoxy) is 3. The van der Waals surface area contributed by atoms with E-state index < -0.39 is 17.1 Å². The van der Waals surface area contributed by atoms with E-state index in [1.807, 2.05) is 11.9 Å². The third-order valence-electron chi connectivity index (χ3n) is 6.49. The van der Waals surface area contributed by atoms with Gasteiger partial charge in [0.15, 0.2) is 5.75 Å². The lowest BCUT2D eigenvalue weighted by atomic mass is 10.2. The van der Waals surface area contributed by atoms with E-state index in [2.05, 4.69) is 30.8 Å². The zero-order valence-electron chi connectivity index (χ0n) is 26.3. The molecule has 4 rings (SSSR count). The molecular weight excluding hydrogens is 652 g/mol. The second-order valence-electron chi connectivity index (χ2n) is 9.92. The van der Waals surface area contributed by atoms with Gasteiger partial charge in [-0.25, -0.2) is 19.2 Å². The number of non-ortho nitro benzene ring substituents is 1. The molecule has 0 aliphatic carbocycles. The first-order valence-electron chi connectivity index (χ1n) is 14.6. The fraction of sp³-hybridized carbons (Fsp3) is 0.152. The molecule has 0 heterocycles. The number of nitrogens with one attached hydrogen (secondary N) is 2. The summed E-state index contributed by atoms with van der Waals surface area (Å²) in [4.78, 5) is 64.7. The maximum atomic E-state index is 12.1. The second kappa shape index (κ2) is 18.2. The summed E-state index contributed by atoms with van der Waals surface area (Å²) < 4.78 is 16.0. The lowest BCUT2D eigenvalue weighted by Crippen LogP contribution is -2.25. The smallest absolute Gasteiger partial charge is 0.411 e. The van der Waals surface area contributed by atoms with Crippen molar-refractivity contribution in [3.8, 4) is 5.75 Å². The number of amides is 2. The fourth-order valence-electron chi connectivity index (χ4n) is 4.11. The molecule has 0 radical (unpaired) electrons. The van der Waals surface area contributed by atoms with Gasteiger partial charge in [0, 0.05) is 30.2 Å². The van der Waals surface area contributed by atoms with Gasteiger partial charge in [-0.05, 0) is 66.7 Å². The summed E-state index contributed by atoms with van der Waals surface area (Å²) in [5.74, 6) is 0.0500. The molecule has 2 amide bonds. The molecular formula is C33H28N8O9. The molecule has 254 valence electrons. The quantitative estimate of drug-likeness (QED) is 0.0320. The number of nitro groups is 1. The number of benzene rings is 4. The zero-order valence-corrected chi connectivity index (χ0v) is 26.3. The minimum atomic E-state index is -0.794. The van der Waals surface area contributed by atoms with Crippen molar-refractivity contribution in [2.24, 2.45) is 20.2 Å². The Morgan fingerprint density at radius 3 is 1.94 bits per heavy atom. The van der Waals surface area contributed by atoms with Crippen molar-refractivity contribution < 1.29 is 38.3 Å². The Balaban J connectivity index is 1.27. The summed E-state index contributed by atoms with van der Waals surface area (Å²) in [5, 5.41) is 24.8. The van der Waals surface area contributed by atoms with Gasteiger partial charge in [0.25, 0.3) is 5.69 Å². The van der Waals surface area contributed by atoms with Crippen LogP contribution < -0.4 is 20.3 Å². The van der Waals surface area contributed by atoms with Crippen LogP contribution in [0.2, 0.25) is 0 Å². The van der Waals surface area contributed by atoms with Gasteiger partial charge in [-0.1, -0.05) is 12.1 Å². The molecule has 4 aromatic carbocycles. The summed E-state index contributed by atoms with van der Waals surface area (Å²) in [6, 6.07) is 23.3. The Kier molecular flexibility index (Phi) is 13.0. The molecule has 17 heteroatoms. The van der Waals surface area contributed by atoms with E-state index in [1.54, 1.807) is 60.7 Å². The molecule has 0 unspecified atom stereocenters. The average Bonchev–Trinajstić information content (AvgIpc) is 3.10. The summed E-state index contributed by atoms with van der Waals surface area (Å²) >= 11 is 0. The molecule has 17 nitrogen and oxygen atoms in total. The Labute approximate surface area is 284 Å². The van der Waals surface area contributed by atoms with Crippen LogP contribution in [0.4, 0.5) is 55.1 Å². The van der Waals surface area contributed by atoms with Crippen molar-refractivity contribution in [1.82, 2.24) is 0 Å². The Bertz CT molecular complexity index is 1960. The highest BCUT2D eigenvalue weighted by molar-refractivity contribution is 5.86. The van der Waals surface area contributed by atoms with Crippen LogP contribution in [0.5, 0.6) is 5.75 Å². The molecule has 2 N–H and O–H groups in total. The number of carbonyl (C=O) groups is 2. The molecule has 0 saturated heterocycles. The SMILES string of the molecule is CN(CCOC(=O)Nc1cccc(N=C=O)c1)c1ccc(N=Nc2ccc([N+](=O)[O-])cc2OCCOC(=O)Nc2cccc(N=C=O)c2)cc1. The van der Waals surface area contributed by atoms with E-state index in [9.17, 15) is 29.3 Å². The van der Waals surface area contributed by atoms with Gasteiger partial charge in [-0.2, -0.15) is 15.1 Å². The van der Waals surface area contributed by atoms with Crippen molar-refractivity contribution >= 4 is 69.8 Å². The van der Waals surface area contributed by atoms with Gasteiger partial charge < -0.3 is 19.1 Å². The van der Waals surface area contributed by atoms with E-state index in [-0.39, 0.29) is 36.9 Å². The Morgan fingerprint density at radius 1 is 0.760 bits per heavy atom. The second-order valence-corrected chi connectivity index (χ2v) is 9.92. The largest absolute Gasteiger partial charge is 0.487 e. The summed E-state index contributed by atoms with van der Waals surface area (Å²) in [6.07, 6.45) is 1.39. The number of hydrogen-bond donors (Lipinski definition) is 2. The molecule has 50 heavy (non-hydrogen) atoms. The number of nitro benzene ring substituents is 1. The van der Waals surface area contributed by atoms with Gasteiger partial charge in [0.2, 0.25) is 12.2 Å². The maximum absolute atomic E-state index is 12.1. The summed E-state index contributed by atoms with van der Waals surface area (Å²) in [6.45, 7) is 0.110. The molecule has 0 saturated carbocycles. The fourth-order valence-corrected chi connectivity index (χ4v) is 4.11.